The molecule has 0 aromatic heterocycles. The first-order chi connectivity index (χ1) is 12.9. The summed E-state index contributed by atoms with van der Waals surface area (Å²) >= 11 is 0. The molecule has 8 nitrogen and oxygen atoms in total. The molecule has 146 valence electrons. The van der Waals surface area contributed by atoms with E-state index in [4.69, 9.17) is 0 Å². The Morgan fingerprint density at radius 1 is 0.926 bits per heavy atom. The zero-order chi connectivity index (χ0) is 19.4. The molecule has 0 aliphatic carbocycles. The number of benzene rings is 1. The van der Waals surface area contributed by atoms with Gasteiger partial charge in [0, 0.05) is 52.0 Å². The van der Waals surface area contributed by atoms with Crippen LogP contribution in [0.4, 0.5) is 0 Å². The van der Waals surface area contributed by atoms with E-state index in [0.717, 1.165) is 10.5 Å². The van der Waals surface area contributed by atoms with Gasteiger partial charge in [0.05, 0.1) is 5.75 Å². The second-order valence-corrected chi connectivity index (χ2v) is 8.68. The molecule has 1 aromatic rings. The lowest BCUT2D eigenvalue weighted by Crippen LogP contribution is -2.51. The van der Waals surface area contributed by atoms with Crippen LogP contribution >= 0.6 is 0 Å². The van der Waals surface area contributed by atoms with Crippen molar-refractivity contribution in [2.24, 2.45) is 0 Å². The van der Waals surface area contributed by atoms with Gasteiger partial charge in [0.25, 0.3) is 0 Å². The van der Waals surface area contributed by atoms with Crippen LogP contribution in [0.15, 0.2) is 30.3 Å². The van der Waals surface area contributed by atoms with Crippen molar-refractivity contribution in [3.8, 4) is 0 Å². The highest BCUT2D eigenvalue weighted by Crippen LogP contribution is 2.15. The number of hydrogen-bond donors (Lipinski definition) is 0. The normalized spacial score (nSPS) is 19.0. The maximum absolute atomic E-state index is 12.5. The Morgan fingerprint density at radius 2 is 1.52 bits per heavy atom. The molecule has 0 N–H and O–H groups in total. The van der Waals surface area contributed by atoms with Gasteiger partial charge in [0.1, 0.15) is 0 Å². The van der Waals surface area contributed by atoms with Gasteiger partial charge in [-0.05, 0) is 5.56 Å². The van der Waals surface area contributed by atoms with Crippen molar-refractivity contribution in [1.82, 2.24) is 14.1 Å². The van der Waals surface area contributed by atoms with Gasteiger partial charge >= 0.3 is 0 Å². The summed E-state index contributed by atoms with van der Waals surface area (Å²) in [6.07, 6.45) is 0.504. The molecule has 0 saturated carbocycles. The summed E-state index contributed by atoms with van der Waals surface area (Å²) in [5.74, 6) is -0.683. The Morgan fingerprint density at radius 3 is 2.11 bits per heavy atom. The predicted octanol–water partition coefficient (Wildman–Crippen LogP) is 0.200. The van der Waals surface area contributed by atoms with Crippen LogP contribution in [0.1, 0.15) is 24.8 Å². The largest absolute Gasteiger partial charge is 0.340 e. The second-order valence-electron chi connectivity index (χ2n) is 6.71. The molecule has 3 rings (SSSR count). The zero-order valence-corrected chi connectivity index (χ0v) is 15.9. The van der Waals surface area contributed by atoms with Crippen LogP contribution in [0.3, 0.4) is 0 Å². The van der Waals surface area contributed by atoms with E-state index in [2.05, 4.69) is 0 Å². The molecule has 0 spiro atoms. The molecule has 0 unspecified atom stereocenters. The summed E-state index contributed by atoms with van der Waals surface area (Å²) in [6, 6.07) is 8.99. The number of carbonyl (C=O) groups is 3. The molecule has 0 atom stereocenters. The molecule has 2 aliphatic heterocycles. The molecule has 2 aliphatic rings. The van der Waals surface area contributed by atoms with Gasteiger partial charge in [-0.3, -0.25) is 19.3 Å². The van der Waals surface area contributed by atoms with E-state index >= 15 is 0 Å². The van der Waals surface area contributed by atoms with Crippen molar-refractivity contribution in [2.45, 2.75) is 25.0 Å². The lowest BCUT2D eigenvalue weighted by molar-refractivity contribution is -0.139. The minimum atomic E-state index is -3.43. The molecular formula is C18H23N3O5S. The van der Waals surface area contributed by atoms with Crippen LogP contribution in [-0.4, -0.2) is 73.0 Å². The standard InChI is InChI=1S/C18H23N3O5S/c22-16(8-9-21-17(23)6-7-18(21)24)19-10-12-20(13-11-19)27(25,26)14-15-4-2-1-3-5-15/h1-5H,6-14H2. The summed E-state index contributed by atoms with van der Waals surface area (Å²) in [4.78, 5) is 38.2. The maximum Gasteiger partial charge on any atom is 0.229 e. The Balaban J connectivity index is 1.48. The third kappa shape index (κ3) is 4.72. The monoisotopic (exact) mass is 393 g/mol. The van der Waals surface area contributed by atoms with Crippen molar-refractivity contribution in [3.63, 3.8) is 0 Å². The SMILES string of the molecule is O=C(CCN1C(=O)CCC1=O)N1CCN(S(=O)(=O)Cc2ccccc2)CC1. The van der Waals surface area contributed by atoms with Crippen molar-refractivity contribution in [2.75, 3.05) is 32.7 Å². The highest BCUT2D eigenvalue weighted by molar-refractivity contribution is 7.88. The Labute approximate surface area is 158 Å². The minimum Gasteiger partial charge on any atom is -0.340 e. The molecule has 9 heteroatoms. The number of likely N-dealkylation sites (tertiary alicyclic amines) is 1. The molecule has 2 fully saturated rings. The number of sulfonamides is 1. The van der Waals surface area contributed by atoms with Crippen molar-refractivity contribution in [1.29, 1.82) is 0 Å². The fraction of sp³-hybridized carbons (Fsp3) is 0.500. The van der Waals surface area contributed by atoms with Gasteiger partial charge in [0.15, 0.2) is 0 Å². The summed E-state index contributed by atoms with van der Waals surface area (Å²) in [6.45, 7) is 1.23. The quantitative estimate of drug-likeness (QED) is 0.644. The molecule has 1 aromatic carbocycles. The van der Waals surface area contributed by atoms with E-state index in [9.17, 15) is 22.8 Å². The fourth-order valence-corrected chi connectivity index (χ4v) is 4.85. The third-order valence-electron chi connectivity index (χ3n) is 4.88. The molecular weight excluding hydrogens is 370 g/mol. The lowest BCUT2D eigenvalue weighted by atomic mass is 10.2. The van der Waals surface area contributed by atoms with E-state index in [1.54, 1.807) is 29.2 Å². The molecule has 0 radical (unpaired) electrons. The Kier molecular flexibility index (Phi) is 5.91. The Bertz CT molecular complexity index is 801. The van der Waals surface area contributed by atoms with Gasteiger partial charge in [0.2, 0.25) is 27.7 Å². The van der Waals surface area contributed by atoms with Crippen molar-refractivity contribution in [3.05, 3.63) is 35.9 Å². The van der Waals surface area contributed by atoms with Gasteiger partial charge < -0.3 is 4.90 Å². The van der Waals surface area contributed by atoms with Gasteiger partial charge in [-0.2, -0.15) is 4.31 Å². The average Bonchev–Trinajstić information content (AvgIpc) is 2.98. The zero-order valence-electron chi connectivity index (χ0n) is 15.0. The van der Waals surface area contributed by atoms with Crippen LogP contribution in [0, 0.1) is 0 Å². The van der Waals surface area contributed by atoms with Gasteiger partial charge in [-0.15, -0.1) is 0 Å². The van der Waals surface area contributed by atoms with Crippen molar-refractivity contribution >= 4 is 27.7 Å². The van der Waals surface area contributed by atoms with E-state index in [1.807, 2.05) is 6.07 Å². The smallest absolute Gasteiger partial charge is 0.229 e. The Hall–Kier alpha value is -2.26. The number of rotatable bonds is 6. The van der Waals surface area contributed by atoms with Gasteiger partial charge in [-0.1, -0.05) is 30.3 Å². The predicted molar refractivity (Wildman–Crippen MR) is 97.8 cm³/mol. The minimum absolute atomic E-state index is 0.0546. The first kappa shape index (κ1) is 19.5. The average molecular weight is 393 g/mol. The summed E-state index contributed by atoms with van der Waals surface area (Å²) in [5.41, 5.74) is 0.732. The molecule has 3 amide bonds. The first-order valence-corrected chi connectivity index (χ1v) is 10.6. The van der Waals surface area contributed by atoms with Crippen LogP contribution in [0.25, 0.3) is 0 Å². The molecule has 0 bridgehead atoms. The summed E-state index contributed by atoms with van der Waals surface area (Å²) in [7, 11) is -3.43. The second kappa shape index (κ2) is 8.18. The topological polar surface area (TPSA) is 95.1 Å². The molecule has 2 heterocycles. The molecule has 27 heavy (non-hydrogen) atoms. The third-order valence-corrected chi connectivity index (χ3v) is 6.73. The highest BCUT2D eigenvalue weighted by atomic mass is 32.2. The highest BCUT2D eigenvalue weighted by Gasteiger charge is 2.31. The number of nitrogens with zero attached hydrogens (tertiary/aromatic N) is 3. The van der Waals surface area contributed by atoms with Gasteiger partial charge in [-0.25, -0.2) is 8.42 Å². The summed E-state index contributed by atoms with van der Waals surface area (Å²) < 4.78 is 26.5. The van der Waals surface area contributed by atoms with E-state index in [-0.39, 0.29) is 62.4 Å². The number of imide groups is 1. The van der Waals surface area contributed by atoms with Crippen LogP contribution in [0.5, 0.6) is 0 Å². The summed E-state index contributed by atoms with van der Waals surface area (Å²) in [5, 5.41) is 0. The maximum atomic E-state index is 12.5. The van der Waals surface area contributed by atoms with E-state index in [1.165, 1.54) is 4.31 Å². The van der Waals surface area contributed by atoms with E-state index in [0.29, 0.717) is 13.1 Å². The van der Waals surface area contributed by atoms with Crippen molar-refractivity contribution < 1.29 is 22.8 Å². The number of amides is 3. The van der Waals surface area contributed by atoms with Crippen LogP contribution in [-0.2, 0) is 30.2 Å². The number of carbonyl (C=O) groups excluding carboxylic acids is 3. The van der Waals surface area contributed by atoms with Crippen LogP contribution < -0.4 is 0 Å². The fourth-order valence-electron chi connectivity index (χ4n) is 3.33. The molecule has 2 saturated heterocycles. The number of hydrogen-bond acceptors (Lipinski definition) is 5. The first-order valence-electron chi connectivity index (χ1n) is 8.99. The van der Waals surface area contributed by atoms with Crippen LogP contribution in [0.2, 0.25) is 0 Å². The lowest BCUT2D eigenvalue weighted by Gasteiger charge is -2.34. The number of piperazine rings is 1. The van der Waals surface area contributed by atoms with E-state index < -0.39 is 10.0 Å².